The van der Waals surface area contributed by atoms with Gasteiger partial charge in [0.2, 0.25) is 0 Å². The molecule has 0 fully saturated rings. The Hall–Kier alpha value is -4.16. The minimum Gasteiger partial charge on any atom is -0.488 e. The van der Waals surface area contributed by atoms with E-state index in [0.29, 0.717) is 47.5 Å². The molecule has 0 bridgehead atoms. The molecule has 0 spiro atoms. The molecule has 0 radical (unpaired) electrons. The summed E-state index contributed by atoms with van der Waals surface area (Å²) in [6.07, 6.45) is 1.71. The summed E-state index contributed by atoms with van der Waals surface area (Å²) in [5.41, 5.74) is 3.01. The van der Waals surface area contributed by atoms with Crippen LogP contribution >= 0.6 is 34.5 Å². The summed E-state index contributed by atoms with van der Waals surface area (Å²) < 4.78 is 13.3. The number of thiazole rings is 1. The van der Waals surface area contributed by atoms with Gasteiger partial charge in [-0.1, -0.05) is 64.9 Å². The first kappa shape index (κ1) is 28.4. The third-order valence-corrected chi connectivity index (χ3v) is 8.01. The second-order valence-corrected chi connectivity index (χ2v) is 11.0. The molecule has 206 valence electrons. The molecule has 4 aromatic rings. The van der Waals surface area contributed by atoms with Gasteiger partial charge in [0.1, 0.15) is 18.4 Å². The highest BCUT2D eigenvalue weighted by Crippen LogP contribution is 2.34. The van der Waals surface area contributed by atoms with Gasteiger partial charge >= 0.3 is 5.97 Å². The quantitative estimate of drug-likeness (QED) is 0.258. The summed E-state index contributed by atoms with van der Waals surface area (Å²) in [6, 6.07) is 20.6. The van der Waals surface area contributed by atoms with Crippen LogP contribution in [-0.2, 0) is 16.1 Å². The van der Waals surface area contributed by atoms with E-state index in [1.165, 1.54) is 15.9 Å². The molecule has 0 saturated heterocycles. The summed E-state index contributed by atoms with van der Waals surface area (Å²) in [6.45, 7) is 3.87. The number of rotatable bonds is 7. The van der Waals surface area contributed by atoms with E-state index in [1.54, 1.807) is 74.5 Å². The number of esters is 1. The maximum absolute atomic E-state index is 13.9. The van der Waals surface area contributed by atoms with Gasteiger partial charge in [-0.2, -0.15) is 5.26 Å². The molecule has 3 aromatic carbocycles. The van der Waals surface area contributed by atoms with E-state index >= 15 is 0 Å². The van der Waals surface area contributed by atoms with Crippen molar-refractivity contribution in [2.45, 2.75) is 26.5 Å². The van der Waals surface area contributed by atoms with E-state index in [0.717, 1.165) is 5.56 Å². The highest BCUT2D eigenvalue weighted by atomic mass is 35.5. The van der Waals surface area contributed by atoms with E-state index < -0.39 is 12.0 Å². The third kappa shape index (κ3) is 5.84. The zero-order chi connectivity index (χ0) is 29.1. The van der Waals surface area contributed by atoms with Crippen LogP contribution in [0.2, 0.25) is 10.0 Å². The molecule has 0 amide bonds. The molecular formula is C31H23Cl2N3O4S. The van der Waals surface area contributed by atoms with Crippen LogP contribution in [0.4, 0.5) is 0 Å². The van der Waals surface area contributed by atoms with Crippen molar-refractivity contribution in [3.05, 3.63) is 130 Å². The predicted octanol–water partition coefficient (Wildman–Crippen LogP) is 5.56. The summed E-state index contributed by atoms with van der Waals surface area (Å²) >= 11 is 14.1. The molecule has 0 unspecified atom stereocenters. The average Bonchev–Trinajstić information content (AvgIpc) is 3.26. The highest BCUT2D eigenvalue weighted by Gasteiger charge is 2.34. The SMILES string of the molecule is CCOC(=O)C1=C(C)N=c2s/c(=C\c3cc(Cl)ccc3OCc3ccc(C#N)cc3)c(=O)n2[C@@H]1c1ccccc1Cl. The van der Waals surface area contributed by atoms with Crippen molar-refractivity contribution in [3.63, 3.8) is 0 Å². The van der Waals surface area contributed by atoms with Crippen LogP contribution in [0.5, 0.6) is 5.75 Å². The lowest BCUT2D eigenvalue weighted by Gasteiger charge is -2.25. The van der Waals surface area contributed by atoms with Crippen LogP contribution in [-0.4, -0.2) is 17.1 Å². The summed E-state index contributed by atoms with van der Waals surface area (Å²) in [5.74, 6) is -0.0306. The first-order chi connectivity index (χ1) is 19.8. The molecule has 1 atom stereocenters. The van der Waals surface area contributed by atoms with Gasteiger partial charge in [0.05, 0.1) is 34.0 Å². The standard InChI is InChI=1S/C31H23Cl2N3O4S/c1-3-39-30(38)27-18(2)35-31-36(28(27)23-6-4-5-7-24(23)33)29(37)26(41-31)15-21-14-22(32)12-13-25(21)40-17-20-10-8-19(16-34)9-11-20/h4-15,28H,3,17H2,1-2H3/b26-15-/t28-/m1/s1. The van der Waals surface area contributed by atoms with Gasteiger partial charge < -0.3 is 9.47 Å². The molecule has 41 heavy (non-hydrogen) atoms. The van der Waals surface area contributed by atoms with E-state index in [1.807, 2.05) is 12.1 Å². The second-order valence-electron chi connectivity index (χ2n) is 9.10. The third-order valence-electron chi connectivity index (χ3n) is 6.45. The molecule has 2 heterocycles. The molecule has 0 N–H and O–H groups in total. The Morgan fingerprint density at radius 2 is 1.90 bits per heavy atom. The van der Waals surface area contributed by atoms with E-state index in [2.05, 4.69) is 11.1 Å². The Balaban J connectivity index is 1.61. The molecule has 0 saturated carbocycles. The maximum Gasteiger partial charge on any atom is 0.338 e. The van der Waals surface area contributed by atoms with Crippen molar-refractivity contribution in [2.24, 2.45) is 4.99 Å². The number of halogens is 2. The first-order valence-electron chi connectivity index (χ1n) is 12.7. The van der Waals surface area contributed by atoms with Crippen molar-refractivity contribution in [1.29, 1.82) is 5.26 Å². The maximum atomic E-state index is 13.9. The van der Waals surface area contributed by atoms with Gasteiger partial charge in [0, 0.05) is 15.6 Å². The first-order valence-corrected chi connectivity index (χ1v) is 14.2. The lowest BCUT2D eigenvalue weighted by atomic mass is 9.96. The Kier molecular flexibility index (Phi) is 8.41. The number of aromatic nitrogens is 1. The number of carbonyl (C=O) groups excluding carboxylic acids is 1. The Morgan fingerprint density at radius 1 is 1.15 bits per heavy atom. The number of hydrogen-bond donors (Lipinski definition) is 0. The van der Waals surface area contributed by atoms with Crippen molar-refractivity contribution < 1.29 is 14.3 Å². The van der Waals surface area contributed by atoms with Crippen molar-refractivity contribution in [3.8, 4) is 11.8 Å². The van der Waals surface area contributed by atoms with Crippen molar-refractivity contribution >= 4 is 46.6 Å². The molecule has 1 aliphatic heterocycles. The van der Waals surface area contributed by atoms with Crippen molar-refractivity contribution in [2.75, 3.05) is 6.61 Å². The Bertz CT molecular complexity index is 1900. The number of nitriles is 1. The van der Waals surface area contributed by atoms with Crippen LogP contribution in [0.3, 0.4) is 0 Å². The normalized spacial score (nSPS) is 14.7. The van der Waals surface area contributed by atoms with Crippen LogP contribution in [0.15, 0.2) is 87.8 Å². The fraction of sp³-hybridized carbons (Fsp3) is 0.161. The summed E-state index contributed by atoms with van der Waals surface area (Å²) in [7, 11) is 0. The van der Waals surface area contributed by atoms with Gasteiger partial charge in [0.15, 0.2) is 4.80 Å². The molecule has 0 aliphatic carbocycles. The van der Waals surface area contributed by atoms with Gasteiger partial charge in [-0.15, -0.1) is 0 Å². The number of fused-ring (bicyclic) bond motifs is 1. The Labute approximate surface area is 249 Å². The van der Waals surface area contributed by atoms with Crippen LogP contribution in [0, 0.1) is 11.3 Å². The van der Waals surface area contributed by atoms with Crippen LogP contribution in [0.25, 0.3) is 6.08 Å². The minimum atomic E-state index is -0.812. The lowest BCUT2D eigenvalue weighted by molar-refractivity contribution is -0.139. The number of carbonyl (C=O) groups is 1. The van der Waals surface area contributed by atoms with Crippen LogP contribution < -0.4 is 19.6 Å². The van der Waals surface area contributed by atoms with E-state index in [4.69, 9.17) is 37.9 Å². The van der Waals surface area contributed by atoms with Crippen molar-refractivity contribution in [1.82, 2.24) is 4.57 Å². The predicted molar refractivity (Wildman–Crippen MR) is 159 cm³/mol. The summed E-state index contributed by atoms with van der Waals surface area (Å²) in [4.78, 5) is 32.1. The fourth-order valence-electron chi connectivity index (χ4n) is 4.52. The molecule has 5 rings (SSSR count). The van der Waals surface area contributed by atoms with Gasteiger partial charge in [-0.05, 0) is 67.4 Å². The highest BCUT2D eigenvalue weighted by molar-refractivity contribution is 7.07. The van der Waals surface area contributed by atoms with Gasteiger partial charge in [-0.3, -0.25) is 9.36 Å². The smallest absolute Gasteiger partial charge is 0.338 e. The topological polar surface area (TPSA) is 93.7 Å². The number of nitrogens with zero attached hydrogens (tertiary/aromatic N) is 3. The summed E-state index contributed by atoms with van der Waals surface area (Å²) in [5, 5.41) is 9.92. The number of allylic oxidation sites excluding steroid dienone is 1. The number of ether oxygens (including phenoxy) is 2. The Morgan fingerprint density at radius 3 is 2.61 bits per heavy atom. The largest absolute Gasteiger partial charge is 0.488 e. The second kappa shape index (κ2) is 12.1. The molecular weight excluding hydrogens is 581 g/mol. The fourth-order valence-corrected chi connectivity index (χ4v) is 5.98. The van der Waals surface area contributed by atoms with E-state index in [-0.39, 0.29) is 24.3 Å². The number of hydrogen-bond acceptors (Lipinski definition) is 7. The molecule has 10 heteroatoms. The zero-order valence-electron chi connectivity index (χ0n) is 22.1. The van der Waals surface area contributed by atoms with Gasteiger partial charge in [-0.25, -0.2) is 9.79 Å². The number of benzene rings is 3. The average molecular weight is 605 g/mol. The molecule has 1 aliphatic rings. The zero-order valence-corrected chi connectivity index (χ0v) is 24.4. The molecule has 7 nitrogen and oxygen atoms in total. The van der Waals surface area contributed by atoms with Crippen LogP contribution in [0.1, 0.15) is 42.1 Å². The minimum absolute atomic E-state index is 0.176. The van der Waals surface area contributed by atoms with E-state index in [9.17, 15) is 9.59 Å². The lowest BCUT2D eigenvalue weighted by Crippen LogP contribution is -2.40. The molecule has 1 aromatic heterocycles. The van der Waals surface area contributed by atoms with Gasteiger partial charge in [0.25, 0.3) is 5.56 Å². The monoisotopic (exact) mass is 603 g/mol.